The number of likely N-dealkylation sites (tertiary alicyclic amines) is 1. The lowest BCUT2D eigenvalue weighted by atomic mass is 9.79. The van der Waals surface area contributed by atoms with Gasteiger partial charge in [-0.1, -0.05) is 6.92 Å². The second-order valence-electron chi connectivity index (χ2n) is 7.99. The van der Waals surface area contributed by atoms with E-state index in [1.807, 2.05) is 4.90 Å². The maximum absolute atomic E-state index is 12.1. The van der Waals surface area contributed by atoms with Gasteiger partial charge in [0, 0.05) is 25.9 Å². The van der Waals surface area contributed by atoms with Gasteiger partial charge in [-0.15, -0.1) is 10.2 Å². The molecule has 3 aliphatic rings. The van der Waals surface area contributed by atoms with Crippen molar-refractivity contribution in [3.05, 3.63) is 11.8 Å². The van der Waals surface area contributed by atoms with E-state index in [0.29, 0.717) is 35.1 Å². The zero-order chi connectivity index (χ0) is 16.2. The van der Waals surface area contributed by atoms with E-state index >= 15 is 0 Å². The van der Waals surface area contributed by atoms with E-state index in [9.17, 15) is 4.79 Å². The van der Waals surface area contributed by atoms with Crippen LogP contribution in [-0.2, 0) is 11.2 Å². The zero-order valence-electron chi connectivity index (χ0n) is 14.0. The molecule has 2 N–H and O–H groups in total. The van der Waals surface area contributed by atoms with Crippen LogP contribution in [0.5, 0.6) is 0 Å². The van der Waals surface area contributed by atoms with Crippen molar-refractivity contribution in [1.82, 2.24) is 15.1 Å². The summed E-state index contributed by atoms with van der Waals surface area (Å²) < 4.78 is 5.94. The topological polar surface area (TPSA) is 85.2 Å². The Bertz CT molecular complexity index is 603. The van der Waals surface area contributed by atoms with Gasteiger partial charge in [-0.25, -0.2) is 0 Å². The predicted molar refractivity (Wildman–Crippen MR) is 84.3 cm³/mol. The molecule has 6 nitrogen and oxygen atoms in total. The fourth-order valence-electron chi connectivity index (χ4n) is 4.42. The van der Waals surface area contributed by atoms with Crippen LogP contribution in [0.1, 0.15) is 63.8 Å². The summed E-state index contributed by atoms with van der Waals surface area (Å²) in [6.07, 6.45) is 6.39. The Morgan fingerprint density at radius 2 is 2.13 bits per heavy atom. The van der Waals surface area contributed by atoms with E-state index in [1.165, 1.54) is 12.8 Å². The number of aromatic nitrogens is 2. The number of carbonyl (C=O) groups excluding carboxylic acids is 1. The third-order valence-corrected chi connectivity index (χ3v) is 6.29. The number of hydrogen-bond donors (Lipinski definition) is 1. The normalized spacial score (nSPS) is 35.2. The minimum Gasteiger partial charge on any atom is -0.423 e. The van der Waals surface area contributed by atoms with Gasteiger partial charge in [0.05, 0.1) is 0 Å². The summed E-state index contributed by atoms with van der Waals surface area (Å²) in [5.41, 5.74) is 6.23. The minimum absolute atomic E-state index is 0.0453. The highest BCUT2D eigenvalue weighted by Crippen LogP contribution is 2.60. The maximum Gasteiger partial charge on any atom is 0.238 e. The van der Waals surface area contributed by atoms with Crippen molar-refractivity contribution < 1.29 is 9.21 Å². The fraction of sp³-hybridized carbons (Fsp3) is 0.824. The van der Waals surface area contributed by atoms with Crippen LogP contribution >= 0.6 is 0 Å². The number of piperidine rings is 1. The largest absolute Gasteiger partial charge is 0.423 e. The van der Waals surface area contributed by atoms with Gasteiger partial charge < -0.3 is 15.1 Å². The fourth-order valence-corrected chi connectivity index (χ4v) is 4.42. The highest BCUT2D eigenvalue weighted by atomic mass is 16.4. The van der Waals surface area contributed by atoms with Gasteiger partial charge in [0.15, 0.2) is 0 Å². The van der Waals surface area contributed by atoms with E-state index in [-0.39, 0.29) is 11.9 Å². The molecule has 126 valence electrons. The molecule has 0 aromatic carbocycles. The van der Waals surface area contributed by atoms with Crippen LogP contribution < -0.4 is 5.73 Å². The lowest BCUT2D eigenvalue weighted by Gasteiger charge is -2.41. The van der Waals surface area contributed by atoms with E-state index in [4.69, 9.17) is 10.2 Å². The van der Waals surface area contributed by atoms with Crippen LogP contribution in [0.25, 0.3) is 0 Å². The van der Waals surface area contributed by atoms with E-state index < -0.39 is 0 Å². The summed E-state index contributed by atoms with van der Waals surface area (Å²) in [4.78, 5) is 14.0. The molecule has 1 aromatic rings. The molecule has 1 amide bonds. The Morgan fingerprint density at radius 3 is 2.74 bits per heavy atom. The summed E-state index contributed by atoms with van der Waals surface area (Å²) in [7, 11) is 0. The van der Waals surface area contributed by atoms with Gasteiger partial charge in [0.2, 0.25) is 17.7 Å². The molecule has 0 radical (unpaired) electrons. The summed E-state index contributed by atoms with van der Waals surface area (Å²) >= 11 is 0. The SMILES string of the molecule is CC(=O)N1C[C@H](C)C2(CC2)C[C@H]1c1nnc(C[C@H]2C[C@H](N)C2)o1. The second kappa shape index (κ2) is 5.30. The first-order valence-corrected chi connectivity index (χ1v) is 8.82. The molecule has 2 aliphatic carbocycles. The van der Waals surface area contributed by atoms with E-state index in [1.54, 1.807) is 6.92 Å². The Morgan fingerprint density at radius 1 is 1.39 bits per heavy atom. The molecule has 4 rings (SSSR count). The molecule has 2 atom stereocenters. The first-order valence-electron chi connectivity index (χ1n) is 8.82. The first kappa shape index (κ1) is 15.1. The van der Waals surface area contributed by atoms with Crippen LogP contribution in [0, 0.1) is 17.3 Å². The van der Waals surface area contributed by atoms with Gasteiger partial charge in [0.1, 0.15) is 6.04 Å². The molecule has 3 fully saturated rings. The monoisotopic (exact) mass is 318 g/mol. The molecule has 0 bridgehead atoms. The van der Waals surface area contributed by atoms with Crippen molar-refractivity contribution in [2.45, 2.75) is 64.5 Å². The number of amides is 1. The smallest absolute Gasteiger partial charge is 0.238 e. The highest BCUT2D eigenvalue weighted by Gasteiger charge is 2.54. The summed E-state index contributed by atoms with van der Waals surface area (Å²) in [5, 5.41) is 8.50. The number of carbonyl (C=O) groups is 1. The minimum atomic E-state index is -0.0453. The Labute approximate surface area is 136 Å². The molecule has 23 heavy (non-hydrogen) atoms. The molecular formula is C17H26N4O2. The van der Waals surface area contributed by atoms with Crippen molar-refractivity contribution in [2.24, 2.45) is 23.0 Å². The van der Waals surface area contributed by atoms with Crippen molar-refractivity contribution in [1.29, 1.82) is 0 Å². The number of nitrogens with two attached hydrogens (primary N) is 1. The molecule has 1 aromatic heterocycles. The molecule has 0 unspecified atom stereocenters. The van der Waals surface area contributed by atoms with Crippen molar-refractivity contribution >= 4 is 5.91 Å². The number of hydrogen-bond acceptors (Lipinski definition) is 5. The quantitative estimate of drug-likeness (QED) is 0.922. The lowest BCUT2D eigenvalue weighted by Crippen LogP contribution is -2.45. The molecule has 6 heteroatoms. The number of rotatable bonds is 3. The third kappa shape index (κ3) is 2.67. The van der Waals surface area contributed by atoms with Crippen molar-refractivity contribution in [3.63, 3.8) is 0 Å². The van der Waals surface area contributed by atoms with Crippen LogP contribution in [0.4, 0.5) is 0 Å². The molecule has 1 spiro atoms. The average molecular weight is 318 g/mol. The van der Waals surface area contributed by atoms with Crippen molar-refractivity contribution in [2.75, 3.05) is 6.54 Å². The van der Waals surface area contributed by atoms with Crippen LogP contribution in [-0.4, -0.2) is 33.6 Å². The molecule has 2 saturated carbocycles. The zero-order valence-corrected chi connectivity index (χ0v) is 14.0. The molecule has 1 saturated heterocycles. The van der Waals surface area contributed by atoms with Gasteiger partial charge >= 0.3 is 0 Å². The van der Waals surface area contributed by atoms with Gasteiger partial charge in [-0.2, -0.15) is 0 Å². The Kier molecular flexibility index (Phi) is 3.48. The van der Waals surface area contributed by atoms with Crippen LogP contribution in [0.2, 0.25) is 0 Å². The predicted octanol–water partition coefficient (Wildman–Crippen LogP) is 2.06. The molecule has 1 aliphatic heterocycles. The average Bonchev–Trinajstić information content (AvgIpc) is 3.09. The molecule has 2 heterocycles. The summed E-state index contributed by atoms with van der Waals surface area (Å²) in [6, 6.07) is 0.293. The van der Waals surface area contributed by atoms with Gasteiger partial charge in [-0.3, -0.25) is 4.79 Å². The van der Waals surface area contributed by atoms with Crippen molar-refractivity contribution in [3.8, 4) is 0 Å². The number of nitrogens with zero attached hydrogens (tertiary/aromatic N) is 3. The van der Waals surface area contributed by atoms with E-state index in [2.05, 4.69) is 17.1 Å². The van der Waals surface area contributed by atoms with E-state index in [0.717, 1.165) is 32.2 Å². The highest BCUT2D eigenvalue weighted by molar-refractivity contribution is 5.73. The summed E-state index contributed by atoms with van der Waals surface area (Å²) in [6.45, 7) is 4.70. The maximum atomic E-state index is 12.1. The Hall–Kier alpha value is -1.43. The molecular weight excluding hydrogens is 292 g/mol. The standard InChI is InChI=1S/C17H26N4O2/c1-10-9-21(11(2)22)14(8-17(10)3-4-17)16-20-19-15(23-16)7-12-5-13(18)6-12/h10,12-14H,3-9,18H2,1-2H3/t10-,12-,13-,14-/m0/s1. The second-order valence-corrected chi connectivity index (χ2v) is 7.99. The lowest BCUT2D eigenvalue weighted by molar-refractivity contribution is -0.136. The van der Waals surface area contributed by atoms with Gasteiger partial charge in [0.25, 0.3) is 0 Å². The third-order valence-electron chi connectivity index (χ3n) is 6.29. The van der Waals surface area contributed by atoms with Crippen LogP contribution in [0.3, 0.4) is 0 Å². The summed E-state index contributed by atoms with van der Waals surface area (Å²) in [5.74, 6) is 2.55. The Balaban J connectivity index is 1.50. The van der Waals surface area contributed by atoms with Gasteiger partial charge in [-0.05, 0) is 49.4 Å². The first-order chi connectivity index (χ1) is 11.0. The van der Waals surface area contributed by atoms with Crippen LogP contribution in [0.15, 0.2) is 4.42 Å².